The van der Waals surface area contributed by atoms with Crippen molar-refractivity contribution < 1.29 is 0 Å². The van der Waals surface area contributed by atoms with Gasteiger partial charge in [-0.2, -0.15) is 0 Å². The summed E-state index contributed by atoms with van der Waals surface area (Å²) in [6.45, 7) is 2.08. The van der Waals surface area contributed by atoms with Gasteiger partial charge in [0.2, 0.25) is 0 Å². The zero-order valence-electron chi connectivity index (χ0n) is 11.2. The minimum atomic E-state index is 0.739. The Bertz CT molecular complexity index is 600. The molecule has 1 heterocycles. The molecule has 19 heavy (non-hydrogen) atoms. The average Bonchev–Trinajstić information content (AvgIpc) is 2.91. The van der Waals surface area contributed by atoms with Gasteiger partial charge in [-0.05, 0) is 30.2 Å². The summed E-state index contributed by atoms with van der Waals surface area (Å²) in [6.07, 6.45) is 3.58. The molecule has 2 aromatic rings. The first-order chi connectivity index (χ1) is 9.22. The van der Waals surface area contributed by atoms with Crippen LogP contribution < -0.4 is 5.32 Å². The van der Waals surface area contributed by atoms with E-state index in [2.05, 4.69) is 45.4 Å². The van der Waals surface area contributed by atoms with Gasteiger partial charge in [-0.1, -0.05) is 6.07 Å². The van der Waals surface area contributed by atoms with Crippen LogP contribution in [-0.2, 0) is 0 Å². The van der Waals surface area contributed by atoms with E-state index in [0.29, 0.717) is 0 Å². The number of hydrogen-bond donors (Lipinski definition) is 1. The Morgan fingerprint density at radius 1 is 1.32 bits per heavy atom. The molecule has 0 amide bonds. The highest BCUT2D eigenvalue weighted by molar-refractivity contribution is 7.13. The van der Waals surface area contributed by atoms with Crippen LogP contribution in [0.3, 0.4) is 0 Å². The van der Waals surface area contributed by atoms with Crippen LogP contribution in [0, 0.1) is 6.92 Å². The smallest absolute Gasteiger partial charge is 0.143 e. The quantitative estimate of drug-likeness (QED) is 0.688. The van der Waals surface area contributed by atoms with Crippen molar-refractivity contribution in [2.75, 3.05) is 19.4 Å². The van der Waals surface area contributed by atoms with Crippen LogP contribution in [0.5, 0.6) is 0 Å². The Morgan fingerprint density at radius 3 is 2.79 bits per heavy atom. The predicted octanol–water partition coefficient (Wildman–Crippen LogP) is 3.26. The molecule has 0 spiro atoms. The minimum absolute atomic E-state index is 0.739. The second-order valence-electron chi connectivity index (χ2n) is 4.07. The maximum absolute atomic E-state index is 4.14. The molecule has 4 nitrogen and oxygen atoms in total. The molecule has 1 N–H and O–H groups in total. The SMILES string of the molecule is CN=CC(=NC)Nc1cc(C)cc(-c2cncs2)c1. The van der Waals surface area contributed by atoms with Gasteiger partial charge in [0.25, 0.3) is 0 Å². The van der Waals surface area contributed by atoms with E-state index < -0.39 is 0 Å². The Kier molecular flexibility index (Phi) is 4.41. The van der Waals surface area contributed by atoms with Gasteiger partial charge < -0.3 is 5.32 Å². The van der Waals surface area contributed by atoms with Crippen LogP contribution in [0.1, 0.15) is 5.56 Å². The lowest BCUT2D eigenvalue weighted by atomic mass is 10.1. The number of nitrogens with one attached hydrogen (secondary N) is 1. The van der Waals surface area contributed by atoms with E-state index >= 15 is 0 Å². The topological polar surface area (TPSA) is 49.6 Å². The Balaban J connectivity index is 2.32. The van der Waals surface area contributed by atoms with Gasteiger partial charge in [0.05, 0.1) is 16.6 Å². The van der Waals surface area contributed by atoms with E-state index in [1.54, 1.807) is 31.6 Å². The van der Waals surface area contributed by atoms with Crippen molar-refractivity contribution in [3.63, 3.8) is 0 Å². The first kappa shape index (κ1) is 13.4. The number of aryl methyl sites for hydroxylation is 1. The van der Waals surface area contributed by atoms with Crippen molar-refractivity contribution in [1.29, 1.82) is 0 Å². The standard InChI is InChI=1S/C14H16N4S/c1-10-4-11(13-7-17-9-19-13)6-12(5-10)18-14(16-3)8-15-2/h4-9H,1-3H3,(H,16,18). The molecule has 0 saturated heterocycles. The second kappa shape index (κ2) is 6.24. The maximum atomic E-state index is 4.14. The molecule has 5 heteroatoms. The van der Waals surface area contributed by atoms with Gasteiger partial charge in [-0.15, -0.1) is 11.3 Å². The highest BCUT2D eigenvalue weighted by Crippen LogP contribution is 2.27. The van der Waals surface area contributed by atoms with Crippen molar-refractivity contribution in [3.8, 4) is 10.4 Å². The molecule has 0 atom stereocenters. The van der Waals surface area contributed by atoms with Crippen LogP contribution in [-0.4, -0.2) is 31.1 Å². The lowest BCUT2D eigenvalue weighted by Crippen LogP contribution is -2.13. The van der Waals surface area contributed by atoms with E-state index in [1.807, 2.05) is 11.7 Å². The summed E-state index contributed by atoms with van der Waals surface area (Å²) in [5.41, 5.74) is 5.20. The number of amidine groups is 1. The molecule has 0 aliphatic carbocycles. The van der Waals surface area contributed by atoms with Gasteiger partial charge in [0, 0.05) is 26.0 Å². The molecule has 0 fully saturated rings. The molecule has 2 rings (SSSR count). The molecule has 1 aromatic heterocycles. The number of rotatable bonds is 3. The predicted molar refractivity (Wildman–Crippen MR) is 83.7 cm³/mol. The lowest BCUT2D eigenvalue weighted by Gasteiger charge is -2.08. The molecule has 0 saturated carbocycles. The van der Waals surface area contributed by atoms with Gasteiger partial charge in [0.1, 0.15) is 5.84 Å². The number of nitrogens with zero attached hydrogens (tertiary/aromatic N) is 3. The Hall–Kier alpha value is -2.01. The van der Waals surface area contributed by atoms with Gasteiger partial charge in [-0.25, -0.2) is 0 Å². The largest absolute Gasteiger partial charge is 0.339 e. The van der Waals surface area contributed by atoms with Crippen LogP contribution in [0.25, 0.3) is 10.4 Å². The molecule has 98 valence electrons. The third-order valence-corrected chi connectivity index (χ3v) is 3.38. The van der Waals surface area contributed by atoms with Gasteiger partial charge in [-0.3, -0.25) is 15.0 Å². The van der Waals surface area contributed by atoms with Crippen molar-refractivity contribution in [1.82, 2.24) is 4.98 Å². The molecule has 0 radical (unpaired) electrons. The van der Waals surface area contributed by atoms with E-state index in [-0.39, 0.29) is 0 Å². The van der Waals surface area contributed by atoms with E-state index in [9.17, 15) is 0 Å². The Labute approximate surface area is 117 Å². The highest BCUT2D eigenvalue weighted by Gasteiger charge is 2.04. The maximum Gasteiger partial charge on any atom is 0.143 e. The van der Waals surface area contributed by atoms with Crippen molar-refractivity contribution in [2.24, 2.45) is 9.98 Å². The Morgan fingerprint density at radius 2 is 2.16 bits per heavy atom. The van der Waals surface area contributed by atoms with Gasteiger partial charge in [0.15, 0.2) is 0 Å². The molecule has 1 aromatic carbocycles. The number of anilines is 1. The van der Waals surface area contributed by atoms with Crippen molar-refractivity contribution in [2.45, 2.75) is 6.92 Å². The molecular weight excluding hydrogens is 256 g/mol. The third kappa shape index (κ3) is 3.48. The lowest BCUT2D eigenvalue weighted by molar-refractivity contribution is 1.40. The molecule has 0 bridgehead atoms. The highest BCUT2D eigenvalue weighted by atomic mass is 32.1. The number of aromatic nitrogens is 1. The third-order valence-electron chi connectivity index (χ3n) is 2.56. The zero-order chi connectivity index (χ0) is 13.7. The number of benzene rings is 1. The van der Waals surface area contributed by atoms with E-state index in [0.717, 1.165) is 22.0 Å². The summed E-state index contributed by atoms with van der Waals surface area (Å²) in [4.78, 5) is 13.4. The van der Waals surface area contributed by atoms with Crippen molar-refractivity contribution in [3.05, 3.63) is 35.5 Å². The molecule has 0 aliphatic heterocycles. The summed E-state index contributed by atoms with van der Waals surface area (Å²) >= 11 is 1.63. The number of aliphatic imine (C=N–C) groups is 2. The van der Waals surface area contributed by atoms with Gasteiger partial charge >= 0.3 is 0 Å². The molecule has 0 aliphatic rings. The second-order valence-corrected chi connectivity index (χ2v) is 4.96. The zero-order valence-corrected chi connectivity index (χ0v) is 12.0. The summed E-state index contributed by atoms with van der Waals surface area (Å²) in [5.74, 6) is 0.739. The van der Waals surface area contributed by atoms with E-state index in [1.165, 1.54) is 5.56 Å². The summed E-state index contributed by atoms with van der Waals surface area (Å²) in [5, 5.41) is 3.26. The summed E-state index contributed by atoms with van der Waals surface area (Å²) < 4.78 is 0. The molecule has 0 unspecified atom stereocenters. The summed E-state index contributed by atoms with van der Waals surface area (Å²) in [6, 6.07) is 6.32. The summed E-state index contributed by atoms with van der Waals surface area (Å²) in [7, 11) is 3.47. The van der Waals surface area contributed by atoms with E-state index in [4.69, 9.17) is 0 Å². The number of thiazole rings is 1. The van der Waals surface area contributed by atoms with Crippen LogP contribution >= 0.6 is 11.3 Å². The first-order valence-electron chi connectivity index (χ1n) is 5.89. The first-order valence-corrected chi connectivity index (χ1v) is 6.77. The van der Waals surface area contributed by atoms with Crippen LogP contribution in [0.2, 0.25) is 0 Å². The number of hydrogen-bond acceptors (Lipinski definition) is 4. The molecular formula is C14H16N4S. The minimum Gasteiger partial charge on any atom is -0.339 e. The fourth-order valence-electron chi connectivity index (χ4n) is 1.77. The van der Waals surface area contributed by atoms with Crippen molar-refractivity contribution >= 4 is 29.1 Å². The average molecular weight is 272 g/mol. The van der Waals surface area contributed by atoms with Crippen LogP contribution in [0.4, 0.5) is 5.69 Å². The fraction of sp³-hybridized carbons (Fsp3) is 0.214. The normalized spacial score (nSPS) is 12.1. The van der Waals surface area contributed by atoms with Crippen LogP contribution in [0.15, 0.2) is 39.9 Å². The fourth-order valence-corrected chi connectivity index (χ4v) is 2.38. The monoisotopic (exact) mass is 272 g/mol.